The number of hydrogen-bond acceptors (Lipinski definition) is 8. The van der Waals surface area contributed by atoms with Crippen LogP contribution < -0.4 is 10.1 Å². The molecule has 0 aromatic heterocycles. The highest BCUT2D eigenvalue weighted by molar-refractivity contribution is 6.23. The second-order valence-corrected chi connectivity index (χ2v) is 6.54. The molecule has 0 bridgehead atoms. The van der Waals surface area contributed by atoms with Crippen molar-refractivity contribution in [2.45, 2.75) is 46.5 Å². The van der Waals surface area contributed by atoms with Gasteiger partial charge < -0.3 is 19.9 Å². The molecule has 0 saturated heterocycles. The van der Waals surface area contributed by atoms with Crippen LogP contribution in [0.25, 0.3) is 0 Å². The van der Waals surface area contributed by atoms with Crippen LogP contribution in [-0.2, 0) is 23.9 Å². The molecule has 0 spiro atoms. The minimum absolute atomic E-state index is 0.183. The smallest absolute Gasteiger partial charge is 0.353 e. The number of benzene rings is 1. The monoisotopic (exact) mass is 401 g/mol. The van der Waals surface area contributed by atoms with Crippen molar-refractivity contribution in [1.82, 2.24) is 0 Å². The lowest BCUT2D eigenvalue weighted by Crippen LogP contribution is -2.29. The van der Waals surface area contributed by atoms with E-state index in [-0.39, 0.29) is 17.2 Å². The normalized spacial score (nSPS) is 15.7. The number of allylic oxidation sites excluding steroid dienone is 1. The highest BCUT2D eigenvalue weighted by atomic mass is 16.6. The van der Waals surface area contributed by atoms with Gasteiger partial charge in [-0.25, -0.2) is 9.59 Å². The molecule has 0 saturated carbocycles. The van der Waals surface area contributed by atoms with Gasteiger partial charge in [0.05, 0.1) is 0 Å². The molecule has 29 heavy (non-hydrogen) atoms. The Hall–Kier alpha value is -3.42. The van der Waals surface area contributed by atoms with Gasteiger partial charge in [-0.2, -0.15) is 0 Å². The average molecular weight is 401 g/mol. The van der Waals surface area contributed by atoms with Crippen LogP contribution in [0.5, 0.6) is 5.75 Å². The first-order valence-corrected chi connectivity index (χ1v) is 9.24. The van der Waals surface area contributed by atoms with Gasteiger partial charge in [0.25, 0.3) is 0 Å². The van der Waals surface area contributed by atoms with Crippen molar-refractivity contribution in [3.63, 3.8) is 0 Å². The number of aliphatic hydroxyl groups is 1. The molecule has 0 fully saturated rings. The van der Waals surface area contributed by atoms with Crippen molar-refractivity contribution in [2.24, 2.45) is 0 Å². The number of rotatable bonds is 8. The van der Waals surface area contributed by atoms with E-state index in [2.05, 4.69) is 17.0 Å². The summed E-state index contributed by atoms with van der Waals surface area (Å²) >= 11 is 0. The van der Waals surface area contributed by atoms with Crippen molar-refractivity contribution in [1.29, 1.82) is 0 Å². The third kappa shape index (κ3) is 5.54. The lowest BCUT2D eigenvalue weighted by Gasteiger charge is -2.18. The Labute approximate surface area is 168 Å². The van der Waals surface area contributed by atoms with E-state index in [1.165, 1.54) is 6.92 Å². The molecule has 2 rings (SSSR count). The topological polar surface area (TPSA) is 119 Å². The number of hydrogen-bond donors (Lipinski definition) is 2. The molecule has 8 nitrogen and oxygen atoms in total. The first-order valence-electron chi connectivity index (χ1n) is 9.24. The summed E-state index contributed by atoms with van der Waals surface area (Å²) in [5, 5.41) is 13.1. The Morgan fingerprint density at radius 2 is 1.72 bits per heavy atom. The van der Waals surface area contributed by atoms with Crippen LogP contribution >= 0.6 is 0 Å². The number of ketones is 1. The summed E-state index contributed by atoms with van der Waals surface area (Å²) in [5.74, 6) is -3.59. The van der Waals surface area contributed by atoms with Crippen LogP contribution in [0.3, 0.4) is 0 Å². The first kappa shape index (κ1) is 21.9. The molecule has 0 radical (unpaired) electrons. The standard InChI is InChI=1S/C21H23NO7/c1-4-5-6-7-16(24)28-15-10-8-14(9-11-15)22-12(2)17-19(25)18(13(3)23)21(27)29-20(17)26/h8-11,22,25H,4-7H2,1-3H3. The molecule has 1 aliphatic rings. The number of nitrogens with one attached hydrogen (secondary N) is 1. The van der Waals surface area contributed by atoms with Crippen LogP contribution in [-0.4, -0.2) is 28.8 Å². The van der Waals surface area contributed by atoms with Gasteiger partial charge in [0.15, 0.2) is 5.78 Å². The number of aliphatic hydroxyl groups excluding tert-OH is 1. The van der Waals surface area contributed by atoms with Crippen molar-refractivity contribution in [2.75, 3.05) is 5.32 Å². The Bertz CT molecular complexity index is 894. The van der Waals surface area contributed by atoms with Crippen LogP contribution in [0.1, 0.15) is 46.5 Å². The van der Waals surface area contributed by atoms with Gasteiger partial charge >= 0.3 is 17.9 Å². The van der Waals surface area contributed by atoms with Gasteiger partial charge in [0, 0.05) is 17.8 Å². The van der Waals surface area contributed by atoms with Crippen molar-refractivity contribution < 1.29 is 33.8 Å². The number of cyclic esters (lactones) is 2. The molecule has 2 N–H and O–H groups in total. The highest BCUT2D eigenvalue weighted by Crippen LogP contribution is 2.26. The van der Waals surface area contributed by atoms with Crippen molar-refractivity contribution in [3.8, 4) is 5.75 Å². The molecule has 1 aromatic rings. The van der Waals surface area contributed by atoms with Crippen molar-refractivity contribution >= 4 is 29.4 Å². The molecule has 1 heterocycles. The third-order valence-electron chi connectivity index (χ3n) is 4.20. The summed E-state index contributed by atoms with van der Waals surface area (Å²) < 4.78 is 9.78. The van der Waals surface area contributed by atoms with E-state index in [0.29, 0.717) is 17.9 Å². The molecular weight excluding hydrogens is 378 g/mol. The van der Waals surface area contributed by atoms with E-state index in [4.69, 9.17) is 4.74 Å². The van der Waals surface area contributed by atoms with Gasteiger partial charge in [-0.3, -0.25) is 9.59 Å². The highest BCUT2D eigenvalue weighted by Gasteiger charge is 2.36. The Kier molecular flexibility index (Phi) is 7.30. The van der Waals surface area contributed by atoms with Gasteiger partial charge in [-0.1, -0.05) is 19.8 Å². The van der Waals surface area contributed by atoms with E-state index >= 15 is 0 Å². The molecule has 1 aromatic carbocycles. The van der Waals surface area contributed by atoms with E-state index < -0.39 is 29.1 Å². The quantitative estimate of drug-likeness (QED) is 0.170. The Balaban J connectivity index is 2.14. The fraction of sp³-hybridized carbons (Fsp3) is 0.333. The predicted octanol–water partition coefficient (Wildman–Crippen LogP) is 3.34. The van der Waals surface area contributed by atoms with E-state index in [1.54, 1.807) is 24.3 Å². The van der Waals surface area contributed by atoms with Crippen LogP contribution in [0.2, 0.25) is 0 Å². The summed E-state index contributed by atoms with van der Waals surface area (Å²) in [6.07, 6.45) is 3.11. The van der Waals surface area contributed by atoms with Crippen LogP contribution in [0.15, 0.2) is 46.9 Å². The fourth-order valence-corrected chi connectivity index (χ4v) is 2.73. The second kappa shape index (κ2) is 9.68. The lowest BCUT2D eigenvalue weighted by molar-refractivity contribution is -0.155. The lowest BCUT2D eigenvalue weighted by atomic mass is 10.0. The van der Waals surface area contributed by atoms with Gasteiger partial charge in [-0.15, -0.1) is 0 Å². The summed E-state index contributed by atoms with van der Waals surface area (Å²) in [5.41, 5.74) is -0.168. The minimum Gasteiger partial charge on any atom is -0.506 e. The number of anilines is 1. The molecule has 1 aliphatic heterocycles. The molecule has 0 aliphatic carbocycles. The fourth-order valence-electron chi connectivity index (χ4n) is 2.73. The number of carbonyl (C=O) groups excluding carboxylic acids is 4. The number of carbonyl (C=O) groups is 4. The number of Topliss-reactive ketones (excluding diaryl/α,β-unsaturated/α-hetero) is 1. The number of unbranched alkanes of at least 4 members (excludes halogenated alkanes) is 2. The summed E-state index contributed by atoms with van der Waals surface area (Å²) in [4.78, 5) is 46.9. The van der Waals surface area contributed by atoms with Gasteiger partial charge in [-0.05, 0) is 44.5 Å². The van der Waals surface area contributed by atoms with Crippen LogP contribution in [0, 0.1) is 0 Å². The maximum atomic E-state index is 12.0. The minimum atomic E-state index is -1.18. The molecule has 154 valence electrons. The predicted molar refractivity (Wildman–Crippen MR) is 104 cm³/mol. The zero-order chi connectivity index (χ0) is 21.6. The summed E-state index contributed by atoms with van der Waals surface area (Å²) in [6.45, 7) is 4.63. The summed E-state index contributed by atoms with van der Waals surface area (Å²) in [6, 6.07) is 6.39. The molecular formula is C21H23NO7. The van der Waals surface area contributed by atoms with Gasteiger partial charge in [0.2, 0.25) is 0 Å². The van der Waals surface area contributed by atoms with E-state index in [1.807, 2.05) is 0 Å². The largest absolute Gasteiger partial charge is 0.506 e. The molecule has 8 heteroatoms. The average Bonchev–Trinajstić information content (AvgIpc) is 2.62. The number of esters is 3. The van der Waals surface area contributed by atoms with Crippen molar-refractivity contribution in [3.05, 3.63) is 46.9 Å². The third-order valence-corrected chi connectivity index (χ3v) is 4.20. The van der Waals surface area contributed by atoms with Crippen LogP contribution in [0.4, 0.5) is 5.69 Å². The summed E-state index contributed by atoms with van der Waals surface area (Å²) in [7, 11) is 0. The molecule has 0 unspecified atom stereocenters. The second-order valence-electron chi connectivity index (χ2n) is 6.54. The molecule has 0 amide bonds. The number of ether oxygens (including phenoxy) is 2. The maximum Gasteiger partial charge on any atom is 0.353 e. The molecule has 0 atom stereocenters. The first-order chi connectivity index (χ1) is 13.7. The SMILES string of the molecule is CCCCCC(=O)Oc1ccc(NC(C)=C2C(=O)OC(=O)C(C(C)=O)=C2O)cc1. The Morgan fingerprint density at radius 3 is 2.31 bits per heavy atom. The zero-order valence-electron chi connectivity index (χ0n) is 16.5. The maximum absolute atomic E-state index is 12.0. The Morgan fingerprint density at radius 1 is 1.07 bits per heavy atom. The zero-order valence-corrected chi connectivity index (χ0v) is 16.5. The van der Waals surface area contributed by atoms with E-state index in [0.717, 1.165) is 26.2 Å². The van der Waals surface area contributed by atoms with Gasteiger partial charge in [0.1, 0.15) is 22.7 Å². The van der Waals surface area contributed by atoms with E-state index in [9.17, 15) is 24.3 Å².